The molecule has 18 heavy (non-hydrogen) atoms. The van der Waals surface area contributed by atoms with Crippen molar-refractivity contribution in [2.24, 2.45) is 7.05 Å². The first kappa shape index (κ1) is 13.5. The minimum atomic E-state index is -0.685. The molecule has 0 saturated carbocycles. The van der Waals surface area contributed by atoms with Crippen LogP contribution in [0.15, 0.2) is 14.1 Å². The van der Waals surface area contributed by atoms with Crippen molar-refractivity contribution in [2.75, 3.05) is 6.61 Å². The van der Waals surface area contributed by atoms with Gasteiger partial charge in [0, 0.05) is 7.05 Å². The van der Waals surface area contributed by atoms with Crippen molar-refractivity contribution in [1.82, 2.24) is 9.13 Å². The summed E-state index contributed by atoms with van der Waals surface area (Å²) < 4.78 is 14.0. The molecule has 6 nitrogen and oxygen atoms in total. The molecule has 7 heteroatoms. The molecule has 1 aliphatic rings. The van der Waals surface area contributed by atoms with Crippen LogP contribution in [0.25, 0.3) is 0 Å². The third-order valence-electron chi connectivity index (χ3n) is 2.73. The predicted octanol–water partition coefficient (Wildman–Crippen LogP) is 0.763. The molecule has 0 spiro atoms. The molecule has 0 fully saturated rings. The fourth-order valence-electron chi connectivity index (χ4n) is 1.87. The van der Waals surface area contributed by atoms with E-state index in [-0.39, 0.29) is 17.4 Å². The van der Waals surface area contributed by atoms with Crippen LogP contribution in [0.4, 0.5) is 0 Å². The molecule has 0 saturated heterocycles. The third kappa shape index (κ3) is 2.17. The van der Waals surface area contributed by atoms with E-state index >= 15 is 0 Å². The first-order valence-electron chi connectivity index (χ1n) is 5.69. The lowest BCUT2D eigenvalue weighted by atomic mass is 10.3. The van der Waals surface area contributed by atoms with Gasteiger partial charge in [0.15, 0.2) is 0 Å². The zero-order chi connectivity index (χ0) is 13.4. The lowest BCUT2D eigenvalue weighted by molar-refractivity contribution is -0.184. The average molecular weight is 319 g/mol. The van der Waals surface area contributed by atoms with Crippen molar-refractivity contribution in [3.8, 4) is 0 Å². The Morgan fingerprint density at radius 2 is 2.11 bits per heavy atom. The van der Waals surface area contributed by atoms with Crippen LogP contribution in [0, 0.1) is 0 Å². The zero-order valence-corrected chi connectivity index (χ0v) is 12.1. The molecule has 1 aromatic rings. The van der Waals surface area contributed by atoms with Gasteiger partial charge in [-0.1, -0.05) is 0 Å². The van der Waals surface area contributed by atoms with Gasteiger partial charge in [-0.3, -0.25) is 13.9 Å². The molecule has 0 aromatic carbocycles. The van der Waals surface area contributed by atoms with Gasteiger partial charge in [-0.2, -0.15) is 0 Å². The van der Waals surface area contributed by atoms with E-state index in [2.05, 4.69) is 15.9 Å². The van der Waals surface area contributed by atoms with Crippen LogP contribution in [-0.4, -0.2) is 21.8 Å². The summed E-state index contributed by atoms with van der Waals surface area (Å²) in [7, 11) is 1.45. The van der Waals surface area contributed by atoms with Crippen LogP contribution in [0.3, 0.4) is 0 Å². The van der Waals surface area contributed by atoms with Crippen molar-refractivity contribution in [1.29, 1.82) is 0 Å². The van der Waals surface area contributed by atoms with Crippen molar-refractivity contribution in [3.05, 3.63) is 31.0 Å². The van der Waals surface area contributed by atoms with Gasteiger partial charge in [0.05, 0.1) is 24.9 Å². The van der Waals surface area contributed by atoms with Gasteiger partial charge >= 0.3 is 5.69 Å². The minimum absolute atomic E-state index is 0.0624. The zero-order valence-electron chi connectivity index (χ0n) is 10.5. The first-order chi connectivity index (χ1) is 8.43. The maximum atomic E-state index is 12.0. The second-order valence-corrected chi connectivity index (χ2v) is 5.18. The van der Waals surface area contributed by atoms with Gasteiger partial charge in [-0.25, -0.2) is 4.79 Å². The second kappa shape index (κ2) is 4.99. The Bertz CT molecular complexity index is 576. The molecule has 1 unspecified atom stereocenters. The number of hydrogen-bond acceptors (Lipinski definition) is 4. The fourth-order valence-corrected chi connectivity index (χ4v) is 2.54. The molecule has 0 N–H and O–H groups in total. The van der Waals surface area contributed by atoms with Crippen LogP contribution in [0.2, 0.25) is 0 Å². The summed E-state index contributed by atoms with van der Waals surface area (Å²) in [5.74, 6) is 0. The van der Waals surface area contributed by atoms with Crippen molar-refractivity contribution in [3.63, 3.8) is 0 Å². The van der Waals surface area contributed by atoms with Crippen LogP contribution in [0.1, 0.15) is 25.8 Å². The van der Waals surface area contributed by atoms with Crippen LogP contribution in [-0.2, 0) is 23.1 Å². The third-order valence-corrected chi connectivity index (χ3v) is 3.47. The molecule has 1 aliphatic heterocycles. The highest BCUT2D eigenvalue weighted by atomic mass is 79.9. The SMILES string of the molecule is CC(C)OC1OCCn2c1c(Br)c(=O)n(C)c2=O. The second-order valence-electron chi connectivity index (χ2n) is 4.39. The molecule has 2 heterocycles. The van der Waals surface area contributed by atoms with Gasteiger partial charge < -0.3 is 9.47 Å². The standard InChI is InChI=1S/C11H15BrN2O4/c1-6(2)18-10-8-7(12)9(15)13(3)11(16)14(8)4-5-17-10/h6,10H,4-5H2,1-3H3. The van der Waals surface area contributed by atoms with Gasteiger partial charge in [-0.05, 0) is 29.8 Å². The lowest BCUT2D eigenvalue weighted by Crippen LogP contribution is -2.44. The van der Waals surface area contributed by atoms with Gasteiger partial charge in [0.1, 0.15) is 4.47 Å². The highest BCUT2D eigenvalue weighted by Crippen LogP contribution is 2.27. The molecule has 1 aromatic heterocycles. The molecule has 0 radical (unpaired) electrons. The number of nitrogens with zero attached hydrogens (tertiary/aromatic N) is 2. The molecule has 2 rings (SSSR count). The summed E-state index contributed by atoms with van der Waals surface area (Å²) in [6, 6.07) is 0. The summed E-state index contributed by atoms with van der Waals surface area (Å²) in [5.41, 5.74) is -0.268. The van der Waals surface area contributed by atoms with E-state index in [1.807, 2.05) is 13.8 Å². The van der Waals surface area contributed by atoms with E-state index in [0.29, 0.717) is 23.3 Å². The van der Waals surface area contributed by atoms with Gasteiger partial charge in [0.25, 0.3) is 5.56 Å². The summed E-state index contributed by atoms with van der Waals surface area (Å²) >= 11 is 3.23. The number of rotatable bonds is 2. The van der Waals surface area contributed by atoms with Gasteiger partial charge in [-0.15, -0.1) is 0 Å². The lowest BCUT2D eigenvalue weighted by Gasteiger charge is -2.29. The normalized spacial score (nSPS) is 19.1. The Morgan fingerprint density at radius 3 is 2.72 bits per heavy atom. The summed E-state index contributed by atoms with van der Waals surface area (Å²) in [6.07, 6.45) is -0.748. The van der Waals surface area contributed by atoms with E-state index in [1.165, 1.54) is 11.6 Å². The maximum Gasteiger partial charge on any atom is 0.331 e. The molecule has 0 amide bonds. The fraction of sp³-hybridized carbons (Fsp3) is 0.636. The number of fused-ring (bicyclic) bond motifs is 1. The quantitative estimate of drug-likeness (QED) is 0.807. The van der Waals surface area contributed by atoms with Crippen LogP contribution in [0.5, 0.6) is 0 Å². The number of halogens is 1. The predicted molar refractivity (Wildman–Crippen MR) is 68.6 cm³/mol. The molecule has 1 atom stereocenters. The Labute approximate surface area is 112 Å². The van der Waals surface area contributed by atoms with E-state index in [4.69, 9.17) is 9.47 Å². The van der Waals surface area contributed by atoms with Crippen molar-refractivity contribution < 1.29 is 9.47 Å². The molecular weight excluding hydrogens is 304 g/mol. The maximum absolute atomic E-state index is 12.0. The van der Waals surface area contributed by atoms with Crippen LogP contribution >= 0.6 is 15.9 Å². The topological polar surface area (TPSA) is 62.5 Å². The number of aromatic nitrogens is 2. The van der Waals surface area contributed by atoms with E-state index in [0.717, 1.165) is 4.57 Å². The molecule has 0 bridgehead atoms. The Balaban J connectivity index is 2.64. The summed E-state index contributed by atoms with van der Waals surface area (Å²) in [5, 5.41) is 0. The summed E-state index contributed by atoms with van der Waals surface area (Å²) in [6.45, 7) is 4.54. The Kier molecular flexibility index (Phi) is 3.74. The monoisotopic (exact) mass is 318 g/mol. The number of ether oxygens (including phenoxy) is 2. The minimum Gasteiger partial charge on any atom is -0.345 e. The Morgan fingerprint density at radius 1 is 1.44 bits per heavy atom. The largest absolute Gasteiger partial charge is 0.345 e. The van der Waals surface area contributed by atoms with E-state index < -0.39 is 6.29 Å². The Hall–Kier alpha value is -0.920. The van der Waals surface area contributed by atoms with E-state index in [1.54, 1.807) is 0 Å². The molecular formula is C11H15BrN2O4. The highest BCUT2D eigenvalue weighted by Gasteiger charge is 2.28. The average Bonchev–Trinajstić information content (AvgIpc) is 2.32. The first-order valence-corrected chi connectivity index (χ1v) is 6.49. The van der Waals surface area contributed by atoms with Gasteiger partial charge in [0.2, 0.25) is 6.29 Å². The molecule has 100 valence electrons. The van der Waals surface area contributed by atoms with E-state index in [9.17, 15) is 9.59 Å². The van der Waals surface area contributed by atoms with Crippen LogP contribution < -0.4 is 11.2 Å². The highest BCUT2D eigenvalue weighted by molar-refractivity contribution is 9.10. The van der Waals surface area contributed by atoms with Crippen molar-refractivity contribution in [2.45, 2.75) is 32.8 Å². The smallest absolute Gasteiger partial charge is 0.331 e. The number of hydrogen-bond donors (Lipinski definition) is 0. The van der Waals surface area contributed by atoms with Crippen molar-refractivity contribution >= 4 is 15.9 Å². The molecule has 0 aliphatic carbocycles. The summed E-state index contributed by atoms with van der Waals surface area (Å²) in [4.78, 5) is 23.9.